The fourth-order valence-electron chi connectivity index (χ4n) is 3.17. The number of nitrogens with one attached hydrogen (secondary N) is 2. The second-order valence-electron chi connectivity index (χ2n) is 6.62. The Balaban J connectivity index is 1.60. The Hall–Kier alpha value is -3.14. The quantitative estimate of drug-likeness (QED) is 0.680. The van der Waals surface area contributed by atoms with E-state index in [9.17, 15) is 13.2 Å². The van der Waals surface area contributed by atoms with E-state index in [1.165, 1.54) is 16.9 Å². The number of hydrogen-bond acceptors (Lipinski definition) is 5. The molecule has 1 fully saturated rings. The van der Waals surface area contributed by atoms with Gasteiger partial charge in [0.2, 0.25) is 0 Å². The molecule has 1 aliphatic rings. The number of hydrogen-bond donors (Lipinski definition) is 2. The van der Waals surface area contributed by atoms with Gasteiger partial charge in [-0.15, -0.1) is 0 Å². The first-order chi connectivity index (χ1) is 13.4. The normalized spacial score (nSPS) is 14.4. The van der Waals surface area contributed by atoms with Crippen LogP contribution in [0.3, 0.4) is 0 Å². The van der Waals surface area contributed by atoms with E-state index in [1.54, 1.807) is 42.3 Å². The fraction of sp³-hybridized carbons (Fsp3) is 0.278. The zero-order chi connectivity index (χ0) is 19.7. The highest BCUT2D eigenvalue weighted by Gasteiger charge is 2.24. The number of sulfonamides is 1. The molecule has 0 atom stereocenters. The van der Waals surface area contributed by atoms with Crippen LogP contribution in [0.15, 0.2) is 47.6 Å². The highest BCUT2D eigenvalue weighted by atomic mass is 32.2. The Kier molecular flexibility index (Phi) is 4.63. The Morgan fingerprint density at radius 2 is 2.00 bits per heavy atom. The maximum Gasteiger partial charge on any atom is 0.270 e. The number of aryl methyl sites for hydroxylation is 1. The molecule has 0 unspecified atom stereocenters. The summed E-state index contributed by atoms with van der Waals surface area (Å²) in [5, 5.41) is 4.30. The summed E-state index contributed by atoms with van der Waals surface area (Å²) in [7, 11) is -3.91. The molecule has 3 aromatic heterocycles. The van der Waals surface area contributed by atoms with E-state index in [2.05, 4.69) is 19.8 Å². The molecule has 4 rings (SSSR count). The standard InChI is InChI=1S/C18H20N6O3S/c1-13-10-17(24(21-13)16-6-2-3-7-19-16)22-28(26,27)14-11-15(20-12-14)18(25)23-8-4-5-9-23/h2-3,6-7,10-12,20,22H,4-5,8-9H2,1H3. The van der Waals surface area contributed by atoms with Crippen LogP contribution in [0.2, 0.25) is 0 Å². The van der Waals surface area contributed by atoms with Crippen LogP contribution in [0.25, 0.3) is 5.82 Å². The number of aromatic amines is 1. The van der Waals surface area contributed by atoms with Crippen LogP contribution >= 0.6 is 0 Å². The number of H-pyrrole nitrogens is 1. The molecule has 0 spiro atoms. The predicted octanol–water partition coefficient (Wildman–Crippen LogP) is 1.94. The van der Waals surface area contributed by atoms with Gasteiger partial charge in [0.05, 0.1) is 5.69 Å². The number of rotatable bonds is 5. The van der Waals surface area contributed by atoms with Crippen LogP contribution in [-0.2, 0) is 10.0 Å². The zero-order valence-electron chi connectivity index (χ0n) is 15.3. The molecule has 1 saturated heterocycles. The smallest absolute Gasteiger partial charge is 0.270 e. The van der Waals surface area contributed by atoms with Crippen molar-refractivity contribution < 1.29 is 13.2 Å². The molecule has 28 heavy (non-hydrogen) atoms. The predicted molar refractivity (Wildman–Crippen MR) is 103 cm³/mol. The molecule has 10 heteroatoms. The maximum absolute atomic E-state index is 12.8. The number of carbonyl (C=O) groups is 1. The molecule has 9 nitrogen and oxygen atoms in total. The number of aromatic nitrogens is 4. The van der Waals surface area contributed by atoms with E-state index >= 15 is 0 Å². The molecular formula is C18H20N6O3S. The van der Waals surface area contributed by atoms with Gasteiger partial charge in [-0.2, -0.15) is 9.78 Å². The molecule has 1 aliphatic heterocycles. The average Bonchev–Trinajstić information content (AvgIpc) is 3.43. The van der Waals surface area contributed by atoms with Gasteiger partial charge in [-0.1, -0.05) is 6.07 Å². The van der Waals surface area contributed by atoms with E-state index < -0.39 is 10.0 Å². The summed E-state index contributed by atoms with van der Waals surface area (Å²) in [6, 6.07) is 8.27. The number of carbonyl (C=O) groups excluding carboxylic acids is 1. The molecule has 0 aromatic carbocycles. The van der Waals surface area contributed by atoms with E-state index in [0.717, 1.165) is 12.8 Å². The Labute approximate surface area is 162 Å². The number of pyridine rings is 1. The zero-order valence-corrected chi connectivity index (χ0v) is 16.1. The van der Waals surface area contributed by atoms with Gasteiger partial charge in [0.15, 0.2) is 5.82 Å². The van der Waals surface area contributed by atoms with Gasteiger partial charge in [-0.25, -0.2) is 13.4 Å². The Morgan fingerprint density at radius 1 is 1.21 bits per heavy atom. The van der Waals surface area contributed by atoms with Crippen LogP contribution < -0.4 is 4.72 Å². The fourth-order valence-corrected chi connectivity index (χ4v) is 4.19. The summed E-state index contributed by atoms with van der Waals surface area (Å²) in [4.78, 5) is 21.1. The van der Waals surface area contributed by atoms with Crippen molar-refractivity contribution in [1.82, 2.24) is 24.6 Å². The van der Waals surface area contributed by atoms with Crippen molar-refractivity contribution in [3.63, 3.8) is 0 Å². The lowest BCUT2D eigenvalue weighted by molar-refractivity contribution is 0.0787. The molecule has 3 aromatic rings. The van der Waals surface area contributed by atoms with Gasteiger partial charge < -0.3 is 9.88 Å². The van der Waals surface area contributed by atoms with E-state index in [4.69, 9.17) is 0 Å². The summed E-state index contributed by atoms with van der Waals surface area (Å²) < 4.78 is 29.6. The first-order valence-electron chi connectivity index (χ1n) is 8.93. The third-order valence-corrected chi connectivity index (χ3v) is 5.86. The van der Waals surface area contributed by atoms with Crippen LogP contribution in [0.1, 0.15) is 29.0 Å². The molecule has 2 N–H and O–H groups in total. The van der Waals surface area contributed by atoms with Crippen molar-refractivity contribution in [3.05, 3.63) is 54.1 Å². The number of amides is 1. The highest BCUT2D eigenvalue weighted by molar-refractivity contribution is 7.92. The van der Waals surface area contributed by atoms with Crippen molar-refractivity contribution in [2.45, 2.75) is 24.7 Å². The van der Waals surface area contributed by atoms with Crippen molar-refractivity contribution >= 4 is 21.7 Å². The van der Waals surface area contributed by atoms with Crippen molar-refractivity contribution in [2.24, 2.45) is 0 Å². The van der Waals surface area contributed by atoms with E-state index in [-0.39, 0.29) is 22.3 Å². The molecule has 146 valence electrons. The molecule has 0 bridgehead atoms. The van der Waals surface area contributed by atoms with E-state index in [1.807, 2.05) is 0 Å². The minimum atomic E-state index is -3.91. The third kappa shape index (κ3) is 3.50. The maximum atomic E-state index is 12.8. The van der Waals surface area contributed by atoms with Gasteiger partial charge >= 0.3 is 0 Å². The monoisotopic (exact) mass is 400 g/mol. The lowest BCUT2D eigenvalue weighted by Crippen LogP contribution is -2.27. The lowest BCUT2D eigenvalue weighted by atomic mass is 10.4. The summed E-state index contributed by atoms with van der Waals surface area (Å²) >= 11 is 0. The minimum Gasteiger partial charge on any atom is -0.356 e. The topological polar surface area (TPSA) is 113 Å². The van der Waals surface area contributed by atoms with Crippen molar-refractivity contribution in [2.75, 3.05) is 17.8 Å². The molecule has 1 amide bonds. The van der Waals surface area contributed by atoms with Crippen molar-refractivity contribution in [3.8, 4) is 5.82 Å². The first kappa shape index (κ1) is 18.2. The average molecular weight is 400 g/mol. The van der Waals surface area contributed by atoms with Gasteiger partial charge in [-0.05, 0) is 38.0 Å². The molecule has 4 heterocycles. The Morgan fingerprint density at radius 3 is 2.71 bits per heavy atom. The van der Waals surface area contributed by atoms with Gasteiger partial charge in [0.1, 0.15) is 16.4 Å². The summed E-state index contributed by atoms with van der Waals surface area (Å²) in [6.07, 6.45) is 4.86. The number of likely N-dealkylation sites (tertiary alicyclic amines) is 1. The summed E-state index contributed by atoms with van der Waals surface area (Å²) in [5.41, 5.74) is 0.902. The third-order valence-electron chi connectivity index (χ3n) is 4.53. The number of nitrogens with zero attached hydrogens (tertiary/aromatic N) is 4. The van der Waals surface area contributed by atoms with Crippen LogP contribution in [0.5, 0.6) is 0 Å². The lowest BCUT2D eigenvalue weighted by Gasteiger charge is -2.13. The summed E-state index contributed by atoms with van der Waals surface area (Å²) in [5.74, 6) is 0.574. The SMILES string of the molecule is Cc1cc(NS(=O)(=O)c2c[nH]c(C(=O)N3CCCC3)c2)n(-c2ccccn2)n1. The summed E-state index contributed by atoms with van der Waals surface area (Å²) in [6.45, 7) is 3.15. The van der Waals surface area contributed by atoms with Crippen molar-refractivity contribution in [1.29, 1.82) is 0 Å². The van der Waals surface area contributed by atoms with Gasteiger partial charge in [0.25, 0.3) is 15.9 Å². The van der Waals surface area contributed by atoms with Gasteiger partial charge in [-0.3, -0.25) is 9.52 Å². The highest BCUT2D eigenvalue weighted by Crippen LogP contribution is 2.21. The first-order valence-corrected chi connectivity index (χ1v) is 10.4. The molecular weight excluding hydrogens is 380 g/mol. The van der Waals surface area contributed by atoms with Crippen LogP contribution in [-0.4, -0.2) is 52.1 Å². The minimum absolute atomic E-state index is 0.0125. The second-order valence-corrected chi connectivity index (χ2v) is 8.31. The van der Waals surface area contributed by atoms with Crippen LogP contribution in [0.4, 0.5) is 5.82 Å². The van der Waals surface area contributed by atoms with Gasteiger partial charge in [0, 0.05) is 31.5 Å². The Bertz CT molecular complexity index is 1100. The molecule has 0 aliphatic carbocycles. The number of anilines is 1. The van der Waals surface area contributed by atoms with Crippen LogP contribution in [0, 0.1) is 6.92 Å². The molecule has 0 saturated carbocycles. The largest absolute Gasteiger partial charge is 0.356 e. The second kappa shape index (κ2) is 7.12. The van der Waals surface area contributed by atoms with E-state index in [0.29, 0.717) is 24.6 Å². The molecule has 0 radical (unpaired) electrons.